The first-order valence-electron chi connectivity index (χ1n) is 6.16. The van der Waals surface area contributed by atoms with Gasteiger partial charge in [-0.05, 0) is 24.4 Å². The van der Waals surface area contributed by atoms with Crippen molar-refractivity contribution in [2.75, 3.05) is 6.61 Å². The molecule has 0 aliphatic carbocycles. The number of aromatic nitrogens is 1. The zero-order valence-electron chi connectivity index (χ0n) is 10.4. The van der Waals surface area contributed by atoms with Crippen LogP contribution in [0.25, 0.3) is 10.1 Å². The minimum absolute atomic E-state index is 0.175. The van der Waals surface area contributed by atoms with Crippen molar-refractivity contribution in [3.8, 4) is 0 Å². The molecule has 0 spiro atoms. The van der Waals surface area contributed by atoms with E-state index in [0.29, 0.717) is 6.42 Å². The molecule has 0 unspecified atom stereocenters. The van der Waals surface area contributed by atoms with Crippen molar-refractivity contribution in [2.24, 2.45) is 0 Å². The number of hydrogen-bond acceptors (Lipinski definition) is 5. The molecule has 3 rings (SSSR count). The summed E-state index contributed by atoms with van der Waals surface area (Å²) >= 11 is 7.17. The van der Waals surface area contributed by atoms with E-state index in [2.05, 4.69) is 13.0 Å². The highest BCUT2D eigenvalue weighted by molar-refractivity contribution is 7.71. The Hall–Kier alpha value is -0.790. The van der Waals surface area contributed by atoms with E-state index in [4.69, 9.17) is 22.1 Å². The Kier molecular flexibility index (Phi) is 3.44. The number of hydrogen-bond donors (Lipinski definition) is 2. The Labute approximate surface area is 119 Å². The van der Waals surface area contributed by atoms with Crippen molar-refractivity contribution >= 4 is 33.6 Å². The fourth-order valence-electron chi connectivity index (χ4n) is 2.45. The zero-order valence-corrected chi connectivity index (χ0v) is 12.1. The molecule has 2 aromatic heterocycles. The second-order valence-electron chi connectivity index (χ2n) is 4.78. The molecular weight excluding hydrogens is 282 g/mol. The molecule has 6 heteroatoms. The zero-order chi connectivity index (χ0) is 13.6. The highest BCUT2D eigenvalue weighted by atomic mass is 32.1. The van der Waals surface area contributed by atoms with Crippen LogP contribution in [0.5, 0.6) is 0 Å². The number of rotatable bonds is 2. The van der Waals surface area contributed by atoms with Gasteiger partial charge in [0.1, 0.15) is 17.0 Å². The average molecular weight is 297 g/mol. The average Bonchev–Trinajstić information content (AvgIpc) is 2.92. The predicted octanol–water partition coefficient (Wildman–Crippen LogP) is 2.38. The fraction of sp³-hybridized carbons (Fsp3) is 0.462. The number of aliphatic hydroxyl groups is 2. The molecular formula is C13H15NO3S2. The van der Waals surface area contributed by atoms with Crippen molar-refractivity contribution in [3.63, 3.8) is 0 Å². The summed E-state index contributed by atoms with van der Waals surface area (Å²) in [4.78, 5) is 1.22. The maximum atomic E-state index is 9.80. The first-order chi connectivity index (χ1) is 9.10. The predicted molar refractivity (Wildman–Crippen MR) is 77.0 cm³/mol. The van der Waals surface area contributed by atoms with Gasteiger partial charge in [0.15, 0.2) is 0 Å². The Balaban J connectivity index is 2.02. The summed E-state index contributed by atoms with van der Waals surface area (Å²) in [5.74, 6) is 0. The van der Waals surface area contributed by atoms with Gasteiger partial charge in [-0.1, -0.05) is 12.2 Å². The van der Waals surface area contributed by atoms with Gasteiger partial charge in [-0.25, -0.2) is 0 Å². The third-order valence-electron chi connectivity index (χ3n) is 3.42. The van der Waals surface area contributed by atoms with E-state index >= 15 is 0 Å². The second-order valence-corrected chi connectivity index (χ2v) is 6.43. The topological polar surface area (TPSA) is 54.6 Å². The van der Waals surface area contributed by atoms with Crippen LogP contribution in [0.4, 0.5) is 0 Å². The Bertz CT molecular complexity index is 663. The van der Waals surface area contributed by atoms with Crippen LogP contribution in [0.1, 0.15) is 17.5 Å². The molecule has 0 bridgehead atoms. The lowest BCUT2D eigenvalue weighted by Crippen LogP contribution is -2.24. The van der Waals surface area contributed by atoms with Crippen LogP contribution in [-0.4, -0.2) is 33.6 Å². The summed E-state index contributed by atoms with van der Waals surface area (Å²) in [5.41, 5.74) is 0. The number of fused-ring (bicyclic) bond motifs is 1. The minimum Gasteiger partial charge on any atom is -0.394 e. The van der Waals surface area contributed by atoms with Crippen molar-refractivity contribution in [2.45, 2.75) is 31.8 Å². The highest BCUT2D eigenvalue weighted by Gasteiger charge is 2.34. The molecule has 19 heavy (non-hydrogen) atoms. The molecule has 0 aromatic carbocycles. The quantitative estimate of drug-likeness (QED) is 0.836. The van der Waals surface area contributed by atoms with Gasteiger partial charge in [-0.3, -0.25) is 0 Å². The molecule has 3 heterocycles. The van der Waals surface area contributed by atoms with Crippen LogP contribution in [0.15, 0.2) is 18.3 Å². The smallest absolute Gasteiger partial charge is 0.137 e. The molecule has 1 fully saturated rings. The lowest BCUT2D eigenvalue weighted by molar-refractivity contribution is -0.0447. The maximum absolute atomic E-state index is 9.80. The van der Waals surface area contributed by atoms with E-state index in [-0.39, 0.29) is 12.8 Å². The third kappa shape index (κ3) is 2.23. The number of aliphatic hydroxyl groups excluding tert-OH is 2. The van der Waals surface area contributed by atoms with Crippen LogP contribution in [0, 0.1) is 11.6 Å². The van der Waals surface area contributed by atoms with Gasteiger partial charge in [0.25, 0.3) is 0 Å². The monoisotopic (exact) mass is 297 g/mol. The number of ether oxygens (including phenoxy) is 1. The van der Waals surface area contributed by atoms with Crippen LogP contribution < -0.4 is 0 Å². The van der Waals surface area contributed by atoms with Gasteiger partial charge in [-0.15, -0.1) is 11.3 Å². The molecule has 102 valence electrons. The van der Waals surface area contributed by atoms with E-state index in [9.17, 15) is 5.11 Å². The Morgan fingerprint density at radius 3 is 3.05 bits per heavy atom. The summed E-state index contributed by atoms with van der Waals surface area (Å²) in [7, 11) is 0. The summed E-state index contributed by atoms with van der Waals surface area (Å²) < 4.78 is 9.31. The van der Waals surface area contributed by atoms with Crippen LogP contribution in [-0.2, 0) is 4.74 Å². The summed E-state index contributed by atoms with van der Waals surface area (Å²) in [6.07, 6.45) is 0.889. The van der Waals surface area contributed by atoms with Crippen molar-refractivity contribution in [3.05, 3.63) is 27.8 Å². The summed E-state index contributed by atoms with van der Waals surface area (Å²) in [6.45, 7) is 1.88. The van der Waals surface area contributed by atoms with Crippen molar-refractivity contribution < 1.29 is 14.9 Å². The van der Waals surface area contributed by atoms with Crippen molar-refractivity contribution in [1.29, 1.82) is 0 Å². The van der Waals surface area contributed by atoms with Gasteiger partial charge in [0, 0.05) is 17.5 Å². The molecule has 2 aromatic rings. The standard InChI is InChI=1S/C13H15NO3S2/c1-7-4-8-2-3-14(13(18)12(8)19-7)11-5-9(16)10(6-15)17-11/h2-4,9-11,15-16H,5-6H2,1H3/t9-,10-,11-/m1/s1. The first-order valence-corrected chi connectivity index (χ1v) is 7.38. The Morgan fingerprint density at radius 1 is 1.58 bits per heavy atom. The molecule has 3 atom stereocenters. The molecule has 0 radical (unpaired) electrons. The van der Waals surface area contributed by atoms with E-state index in [1.165, 1.54) is 4.88 Å². The minimum atomic E-state index is -0.641. The molecule has 1 aliphatic heterocycles. The Morgan fingerprint density at radius 2 is 2.37 bits per heavy atom. The third-order valence-corrected chi connectivity index (χ3v) is 5.04. The van der Waals surface area contributed by atoms with Gasteiger partial charge < -0.3 is 19.5 Å². The summed E-state index contributed by atoms with van der Waals surface area (Å²) in [6, 6.07) is 4.12. The van der Waals surface area contributed by atoms with E-state index in [1.54, 1.807) is 11.3 Å². The lowest BCUT2D eigenvalue weighted by atomic mass is 10.2. The van der Waals surface area contributed by atoms with E-state index in [1.807, 2.05) is 16.8 Å². The lowest BCUT2D eigenvalue weighted by Gasteiger charge is -2.16. The largest absolute Gasteiger partial charge is 0.394 e. The number of pyridine rings is 1. The molecule has 4 nitrogen and oxygen atoms in total. The van der Waals surface area contributed by atoms with Gasteiger partial charge in [0.2, 0.25) is 0 Å². The molecule has 1 aliphatic rings. The van der Waals surface area contributed by atoms with E-state index < -0.39 is 12.2 Å². The fourth-order valence-corrected chi connectivity index (χ4v) is 3.81. The molecule has 2 N–H and O–H groups in total. The van der Waals surface area contributed by atoms with Crippen LogP contribution in [0.2, 0.25) is 0 Å². The second kappa shape index (κ2) is 4.96. The molecule has 0 amide bonds. The van der Waals surface area contributed by atoms with Gasteiger partial charge in [-0.2, -0.15) is 0 Å². The molecule has 0 saturated carbocycles. The van der Waals surface area contributed by atoms with Gasteiger partial charge >= 0.3 is 0 Å². The van der Waals surface area contributed by atoms with Gasteiger partial charge in [0.05, 0.1) is 17.4 Å². The number of aryl methyl sites for hydroxylation is 1. The first kappa shape index (κ1) is 13.2. The SMILES string of the molecule is Cc1cc2ccn([C@H]3C[C@@H](O)[C@@H](CO)O3)c(=S)c2s1. The van der Waals surface area contributed by atoms with E-state index in [0.717, 1.165) is 14.7 Å². The number of thiophene rings is 1. The summed E-state index contributed by atoms with van der Waals surface area (Å²) in [5, 5.41) is 20.1. The number of nitrogens with zero attached hydrogens (tertiary/aromatic N) is 1. The highest BCUT2D eigenvalue weighted by Crippen LogP contribution is 2.32. The normalized spacial score (nSPS) is 27.2. The van der Waals surface area contributed by atoms with Crippen LogP contribution in [0.3, 0.4) is 0 Å². The van der Waals surface area contributed by atoms with Crippen molar-refractivity contribution in [1.82, 2.24) is 4.57 Å². The maximum Gasteiger partial charge on any atom is 0.137 e. The van der Waals surface area contributed by atoms with Crippen LogP contribution >= 0.6 is 23.6 Å². The molecule has 1 saturated heterocycles.